The maximum atomic E-state index is 12.1. The molecule has 0 atom stereocenters. The van der Waals surface area contributed by atoms with E-state index in [0.29, 0.717) is 36.6 Å². The molecule has 5 N–H and O–H groups in total. The van der Waals surface area contributed by atoms with Crippen LogP contribution in [-0.4, -0.2) is 28.9 Å². The van der Waals surface area contributed by atoms with E-state index >= 15 is 0 Å². The highest BCUT2D eigenvalue weighted by Gasteiger charge is 2.39. The Kier molecular flexibility index (Phi) is 11.4. The van der Waals surface area contributed by atoms with Gasteiger partial charge in [0.25, 0.3) is 0 Å². The molecule has 0 bridgehead atoms. The number of phenolic OH excluding ortho intramolecular Hbond substituents is 1. The molecule has 2 amide bonds. The Labute approximate surface area is 238 Å². The molecule has 1 fully saturated rings. The molecule has 40 heavy (non-hydrogen) atoms. The van der Waals surface area contributed by atoms with Crippen molar-refractivity contribution >= 4 is 40.6 Å². The van der Waals surface area contributed by atoms with E-state index in [-0.39, 0.29) is 22.2 Å². The standard InChI is InChI=1S/C22H27ClN4O3.C7H11F3/c1-12-8-16(23)15(20(24)29)10-17(12)26-13(2)27-18-9-14(6-7-19(18)28)11-25-21(30)22(3,4)5;8-7(9,10)6-4-2-1-3-5-6/h6-10,28H,11H2,1-5H3,(H2,24,29)(H,25,30)(H,26,27);6H,1-5H2. The lowest BCUT2D eigenvalue weighted by Gasteiger charge is -2.23. The first kappa shape index (κ1) is 32.9. The second-order valence-corrected chi connectivity index (χ2v) is 11.4. The van der Waals surface area contributed by atoms with Crippen molar-refractivity contribution in [3.8, 4) is 5.75 Å². The third kappa shape index (κ3) is 10.0. The Balaban J connectivity index is 0.000000469. The Morgan fingerprint density at radius 2 is 1.73 bits per heavy atom. The van der Waals surface area contributed by atoms with E-state index in [9.17, 15) is 27.9 Å². The number of halogens is 4. The molecule has 0 aliphatic heterocycles. The fraction of sp³-hybridized carbons (Fsp3) is 0.483. The van der Waals surface area contributed by atoms with Crippen LogP contribution in [-0.2, 0) is 11.3 Å². The Hall–Kier alpha value is -3.27. The van der Waals surface area contributed by atoms with Crippen LogP contribution >= 0.6 is 11.6 Å². The summed E-state index contributed by atoms with van der Waals surface area (Å²) in [6, 6.07) is 8.18. The first-order valence-corrected chi connectivity index (χ1v) is 13.5. The van der Waals surface area contributed by atoms with Crippen LogP contribution in [0.1, 0.15) is 81.3 Å². The van der Waals surface area contributed by atoms with Gasteiger partial charge in [0, 0.05) is 12.0 Å². The Bertz CT molecular complexity index is 1230. The van der Waals surface area contributed by atoms with Crippen molar-refractivity contribution < 1.29 is 27.9 Å². The number of carbonyl (C=O) groups excluding carboxylic acids is 2. The SMILES string of the molecule is CC(=Nc1cc(C(N)=O)c(Cl)cc1C)Nc1cc(CNC(=O)C(C)(C)C)ccc1O.FC(F)(F)C1CCCCC1. The second-order valence-electron chi connectivity index (χ2n) is 11.0. The number of alkyl halides is 3. The van der Waals surface area contributed by atoms with E-state index in [0.717, 1.165) is 30.4 Å². The normalized spacial score (nSPS) is 14.7. The number of hydrogen-bond donors (Lipinski definition) is 4. The number of amides is 2. The molecule has 1 aliphatic rings. The van der Waals surface area contributed by atoms with Crippen molar-refractivity contribution in [2.45, 2.75) is 79.4 Å². The van der Waals surface area contributed by atoms with Crippen LogP contribution in [0, 0.1) is 18.3 Å². The van der Waals surface area contributed by atoms with Crippen LogP contribution in [0.2, 0.25) is 5.02 Å². The predicted molar refractivity (Wildman–Crippen MR) is 153 cm³/mol. The molecule has 0 aromatic heterocycles. The highest BCUT2D eigenvalue weighted by atomic mass is 35.5. The number of amidine groups is 1. The number of hydrogen-bond acceptors (Lipinski definition) is 4. The van der Waals surface area contributed by atoms with Gasteiger partial charge in [-0.1, -0.05) is 57.7 Å². The molecule has 0 heterocycles. The molecule has 2 aromatic rings. The number of rotatable bonds is 5. The number of nitrogens with zero attached hydrogens (tertiary/aromatic N) is 1. The summed E-state index contributed by atoms with van der Waals surface area (Å²) in [5.74, 6) is -1.17. The number of aromatic hydroxyl groups is 1. The molecule has 3 rings (SSSR count). The van der Waals surface area contributed by atoms with Gasteiger partial charge in [-0.15, -0.1) is 0 Å². The molecule has 220 valence electrons. The number of aryl methyl sites for hydroxylation is 1. The van der Waals surface area contributed by atoms with E-state index in [2.05, 4.69) is 15.6 Å². The number of nitrogens with two attached hydrogens (primary N) is 1. The van der Waals surface area contributed by atoms with Crippen LogP contribution in [0.3, 0.4) is 0 Å². The lowest BCUT2D eigenvalue weighted by molar-refractivity contribution is -0.181. The topological polar surface area (TPSA) is 117 Å². The molecule has 11 heteroatoms. The monoisotopic (exact) mass is 582 g/mol. The zero-order valence-electron chi connectivity index (χ0n) is 23.5. The van der Waals surface area contributed by atoms with Crippen LogP contribution in [0.5, 0.6) is 5.75 Å². The zero-order valence-corrected chi connectivity index (χ0v) is 24.3. The van der Waals surface area contributed by atoms with Gasteiger partial charge in [0.15, 0.2) is 0 Å². The van der Waals surface area contributed by atoms with Crippen molar-refractivity contribution in [2.75, 3.05) is 5.32 Å². The number of aliphatic imine (C=N–C) groups is 1. The van der Waals surface area contributed by atoms with Gasteiger partial charge in [-0.2, -0.15) is 13.2 Å². The van der Waals surface area contributed by atoms with E-state index in [1.807, 2.05) is 27.7 Å². The molecule has 7 nitrogen and oxygen atoms in total. The Morgan fingerprint density at radius 1 is 1.10 bits per heavy atom. The number of carbonyl (C=O) groups is 2. The fourth-order valence-electron chi connectivity index (χ4n) is 4.04. The highest BCUT2D eigenvalue weighted by molar-refractivity contribution is 6.34. The van der Waals surface area contributed by atoms with Gasteiger partial charge >= 0.3 is 6.18 Å². The Morgan fingerprint density at radius 3 is 2.25 bits per heavy atom. The van der Waals surface area contributed by atoms with Crippen molar-refractivity contribution in [2.24, 2.45) is 22.1 Å². The quantitative estimate of drug-likeness (QED) is 0.167. The number of phenols is 1. The molecular formula is C29H38ClF3N4O3. The number of primary amides is 1. The van der Waals surface area contributed by atoms with E-state index in [1.165, 1.54) is 6.07 Å². The summed E-state index contributed by atoms with van der Waals surface area (Å²) in [6.07, 6.45) is -0.742. The summed E-state index contributed by atoms with van der Waals surface area (Å²) >= 11 is 6.05. The summed E-state index contributed by atoms with van der Waals surface area (Å²) < 4.78 is 35.8. The molecule has 0 spiro atoms. The summed E-state index contributed by atoms with van der Waals surface area (Å²) in [7, 11) is 0. The molecule has 0 saturated heterocycles. The minimum atomic E-state index is -3.93. The number of anilines is 1. The van der Waals surface area contributed by atoms with Crippen molar-refractivity contribution in [1.82, 2.24) is 5.32 Å². The smallest absolute Gasteiger partial charge is 0.391 e. The minimum Gasteiger partial charge on any atom is -0.506 e. The largest absolute Gasteiger partial charge is 0.506 e. The third-order valence-corrected chi connectivity index (χ3v) is 6.73. The van der Waals surface area contributed by atoms with Crippen LogP contribution in [0.4, 0.5) is 24.5 Å². The fourth-order valence-corrected chi connectivity index (χ4v) is 4.36. The summed E-state index contributed by atoms with van der Waals surface area (Å²) in [5, 5.41) is 16.4. The van der Waals surface area contributed by atoms with Crippen LogP contribution in [0.25, 0.3) is 0 Å². The first-order valence-electron chi connectivity index (χ1n) is 13.1. The van der Waals surface area contributed by atoms with Crippen LogP contribution < -0.4 is 16.4 Å². The summed E-state index contributed by atoms with van der Waals surface area (Å²) in [6.45, 7) is 9.40. The maximum Gasteiger partial charge on any atom is 0.391 e. The van der Waals surface area contributed by atoms with Gasteiger partial charge in [0.2, 0.25) is 11.8 Å². The molecule has 1 aliphatic carbocycles. The maximum absolute atomic E-state index is 12.1. The van der Waals surface area contributed by atoms with Gasteiger partial charge in [0.1, 0.15) is 11.6 Å². The summed E-state index contributed by atoms with van der Waals surface area (Å²) in [5.41, 5.74) is 7.62. The van der Waals surface area contributed by atoms with Gasteiger partial charge in [-0.3, -0.25) is 9.59 Å². The number of nitrogens with one attached hydrogen (secondary N) is 2. The molecular weight excluding hydrogens is 545 g/mol. The lowest BCUT2D eigenvalue weighted by atomic mass is 9.89. The molecule has 0 unspecified atom stereocenters. The van der Waals surface area contributed by atoms with Crippen molar-refractivity contribution in [1.29, 1.82) is 0 Å². The first-order chi connectivity index (χ1) is 18.5. The van der Waals surface area contributed by atoms with E-state index < -0.39 is 23.4 Å². The van der Waals surface area contributed by atoms with Gasteiger partial charge in [-0.05, 0) is 62.1 Å². The molecule has 0 radical (unpaired) electrons. The van der Waals surface area contributed by atoms with E-state index in [4.69, 9.17) is 17.3 Å². The lowest BCUT2D eigenvalue weighted by Crippen LogP contribution is -2.34. The van der Waals surface area contributed by atoms with Gasteiger partial charge in [0.05, 0.1) is 27.9 Å². The van der Waals surface area contributed by atoms with E-state index in [1.54, 1.807) is 31.2 Å². The zero-order chi connectivity index (χ0) is 30.3. The van der Waals surface area contributed by atoms with Crippen LogP contribution in [0.15, 0.2) is 35.3 Å². The minimum absolute atomic E-state index is 0.0427. The number of benzene rings is 2. The molecule has 1 saturated carbocycles. The average molecular weight is 583 g/mol. The predicted octanol–water partition coefficient (Wildman–Crippen LogP) is 7.41. The molecule has 2 aromatic carbocycles. The average Bonchev–Trinajstić information content (AvgIpc) is 2.85. The van der Waals surface area contributed by atoms with Crippen molar-refractivity contribution in [3.63, 3.8) is 0 Å². The second kappa shape index (κ2) is 13.9. The summed E-state index contributed by atoms with van der Waals surface area (Å²) in [4.78, 5) is 28.1. The van der Waals surface area contributed by atoms with Gasteiger partial charge < -0.3 is 21.5 Å². The van der Waals surface area contributed by atoms with Crippen molar-refractivity contribution in [3.05, 3.63) is 52.0 Å². The van der Waals surface area contributed by atoms with Gasteiger partial charge in [-0.25, -0.2) is 4.99 Å². The third-order valence-electron chi connectivity index (χ3n) is 6.42. The highest BCUT2D eigenvalue weighted by Crippen LogP contribution is 2.37.